The number of benzene rings is 2. The van der Waals surface area contributed by atoms with Gasteiger partial charge in [-0.25, -0.2) is 0 Å². The molecule has 2 aromatic rings. The van der Waals surface area contributed by atoms with Gasteiger partial charge in [0, 0.05) is 34.5 Å². The summed E-state index contributed by atoms with van der Waals surface area (Å²) in [6.07, 6.45) is 12.7. The molecule has 10 N–H and O–H groups in total. The molecule has 0 unspecified atom stereocenters. The number of halogens is 2. The minimum absolute atomic E-state index is 0.00148. The molecular weight excluding hydrogens is 547 g/mol. The van der Waals surface area contributed by atoms with E-state index in [0.717, 1.165) is 25.7 Å². The molecule has 0 spiro atoms. The first-order valence-corrected chi connectivity index (χ1v) is 14.5. The van der Waals surface area contributed by atoms with E-state index in [4.69, 9.17) is 44.8 Å². The molecule has 218 valence electrons. The number of hydrogen-bond acceptors (Lipinski definition) is 4. The zero-order chi connectivity index (χ0) is 29.0. The molecule has 3 rings (SSSR count). The molecule has 40 heavy (non-hydrogen) atoms. The van der Waals surface area contributed by atoms with Gasteiger partial charge in [-0.2, -0.15) is 0 Å². The fraction of sp³-hybridized carbons (Fsp3) is 0.429. The molecule has 0 amide bonds. The van der Waals surface area contributed by atoms with Gasteiger partial charge in [-0.15, -0.1) is 0 Å². The summed E-state index contributed by atoms with van der Waals surface area (Å²) in [7, 11) is 0. The zero-order valence-corrected chi connectivity index (χ0v) is 24.4. The van der Waals surface area contributed by atoms with Crippen molar-refractivity contribution in [3.05, 3.63) is 58.6 Å². The lowest BCUT2D eigenvalue weighted by molar-refractivity contribution is 0.504. The van der Waals surface area contributed by atoms with E-state index < -0.39 is 0 Å². The first kappa shape index (κ1) is 32.7. The summed E-state index contributed by atoms with van der Waals surface area (Å²) >= 11 is 11.7. The first-order chi connectivity index (χ1) is 19.3. The minimum Gasteiger partial charge on any atom is -0.356 e. The third kappa shape index (κ3) is 15.8. The van der Waals surface area contributed by atoms with Gasteiger partial charge in [0.05, 0.1) is 0 Å². The lowest BCUT2D eigenvalue weighted by Gasteiger charge is -2.13. The second-order valence-electron chi connectivity index (χ2n) is 9.40. The molecule has 12 heteroatoms. The van der Waals surface area contributed by atoms with Gasteiger partial charge in [-0.1, -0.05) is 74.6 Å². The van der Waals surface area contributed by atoms with Gasteiger partial charge < -0.3 is 21.3 Å². The lowest BCUT2D eigenvalue weighted by Crippen LogP contribution is -2.43. The highest BCUT2D eigenvalue weighted by atomic mass is 35.5. The average molecular weight is 590 g/mol. The van der Waals surface area contributed by atoms with Gasteiger partial charge in [0.25, 0.3) is 0 Å². The molecule has 10 nitrogen and oxygen atoms in total. The Kier molecular flexibility index (Phi) is 16.0. The van der Waals surface area contributed by atoms with Gasteiger partial charge in [0.2, 0.25) is 0 Å². The standard InChI is InChI=1S/C22H30Cl2N10.C6H12/c23-15-5-9-17(10-6-15)31-21(27)33-19(25)29-13-3-1-2-4-14-30-20(26)34-22(28)32-18-11-7-16(24)8-12-18;1-2-4-6-5-3-1/h5-12H,1-4,13-14H2,(H5,25,27,29,31,33)(H5,26,28,30,32,34);1-6H2. The summed E-state index contributed by atoms with van der Waals surface area (Å²) in [6, 6.07) is 13.9. The number of anilines is 2. The van der Waals surface area contributed by atoms with E-state index in [1.807, 2.05) is 0 Å². The molecule has 0 saturated heterocycles. The maximum atomic E-state index is 7.86. The van der Waals surface area contributed by atoms with Crippen LogP contribution in [0.5, 0.6) is 0 Å². The Morgan fingerprint density at radius 3 is 1.15 bits per heavy atom. The normalized spacial score (nSPS) is 12.2. The van der Waals surface area contributed by atoms with E-state index in [9.17, 15) is 0 Å². The molecule has 0 radical (unpaired) electrons. The second kappa shape index (κ2) is 19.5. The molecule has 0 heterocycles. The summed E-state index contributed by atoms with van der Waals surface area (Å²) in [6.45, 7) is 1.25. The monoisotopic (exact) mass is 588 g/mol. The number of nitrogens with one attached hydrogen (secondary N) is 10. The second-order valence-corrected chi connectivity index (χ2v) is 10.3. The van der Waals surface area contributed by atoms with Crippen molar-refractivity contribution in [2.45, 2.75) is 64.2 Å². The Labute approximate surface area is 247 Å². The Balaban J connectivity index is 0.000000821. The smallest absolute Gasteiger partial charge is 0.199 e. The van der Waals surface area contributed by atoms with E-state index in [0.29, 0.717) is 34.5 Å². The number of hydrogen-bond donors (Lipinski definition) is 10. The van der Waals surface area contributed by atoms with Crippen LogP contribution in [0.25, 0.3) is 0 Å². The van der Waals surface area contributed by atoms with Crippen molar-refractivity contribution < 1.29 is 0 Å². The molecule has 2 aromatic carbocycles. The van der Waals surface area contributed by atoms with Gasteiger partial charge in [-0.3, -0.25) is 32.3 Å². The van der Waals surface area contributed by atoms with E-state index in [1.54, 1.807) is 48.5 Å². The Hall–Kier alpha value is -3.50. The molecular formula is C28H42Cl2N10. The summed E-state index contributed by atoms with van der Waals surface area (Å²) in [5.41, 5.74) is 1.42. The van der Waals surface area contributed by atoms with Crippen molar-refractivity contribution in [1.29, 1.82) is 21.6 Å². The molecule has 0 aliphatic heterocycles. The maximum absolute atomic E-state index is 7.86. The summed E-state index contributed by atoms with van der Waals surface area (Å²) in [4.78, 5) is 0. The Morgan fingerprint density at radius 2 is 0.825 bits per heavy atom. The highest BCUT2D eigenvalue weighted by molar-refractivity contribution is 6.31. The van der Waals surface area contributed by atoms with Gasteiger partial charge >= 0.3 is 0 Å². The van der Waals surface area contributed by atoms with Crippen LogP contribution in [-0.4, -0.2) is 36.9 Å². The summed E-state index contributed by atoms with van der Waals surface area (Å²) in [5.74, 6) is 0.112. The van der Waals surface area contributed by atoms with Crippen LogP contribution in [0.1, 0.15) is 64.2 Å². The molecule has 0 aromatic heterocycles. The Bertz CT molecular complexity index is 963. The third-order valence-corrected chi connectivity index (χ3v) is 6.44. The number of guanidine groups is 4. The Morgan fingerprint density at radius 1 is 0.500 bits per heavy atom. The summed E-state index contributed by atoms with van der Waals surface area (Å²) in [5, 5.41) is 49.5. The van der Waals surface area contributed by atoms with E-state index >= 15 is 0 Å². The average Bonchev–Trinajstić information content (AvgIpc) is 2.94. The van der Waals surface area contributed by atoms with Gasteiger partial charge in [-0.05, 0) is 61.4 Å². The van der Waals surface area contributed by atoms with Gasteiger partial charge in [0.1, 0.15) is 0 Å². The topological polar surface area (TPSA) is 168 Å². The van der Waals surface area contributed by atoms with Crippen molar-refractivity contribution >= 4 is 58.4 Å². The van der Waals surface area contributed by atoms with Crippen LogP contribution in [0.3, 0.4) is 0 Å². The van der Waals surface area contributed by atoms with Crippen molar-refractivity contribution in [2.75, 3.05) is 23.7 Å². The van der Waals surface area contributed by atoms with E-state index in [2.05, 4.69) is 31.9 Å². The number of unbranched alkanes of at least 4 members (excludes halogenated alkanes) is 3. The van der Waals surface area contributed by atoms with Crippen LogP contribution in [0.4, 0.5) is 11.4 Å². The minimum atomic E-state index is -0.00148. The van der Waals surface area contributed by atoms with Crippen molar-refractivity contribution in [3.63, 3.8) is 0 Å². The predicted octanol–water partition coefficient (Wildman–Crippen LogP) is 6.52. The van der Waals surface area contributed by atoms with Crippen LogP contribution >= 0.6 is 23.2 Å². The molecule has 1 saturated carbocycles. The fourth-order valence-corrected chi connectivity index (χ4v) is 4.10. The van der Waals surface area contributed by atoms with Crippen LogP contribution in [0, 0.1) is 21.6 Å². The van der Waals surface area contributed by atoms with Crippen LogP contribution < -0.4 is 31.9 Å². The van der Waals surface area contributed by atoms with Crippen LogP contribution in [0.2, 0.25) is 10.0 Å². The van der Waals surface area contributed by atoms with Crippen molar-refractivity contribution in [2.24, 2.45) is 0 Å². The predicted molar refractivity (Wildman–Crippen MR) is 170 cm³/mol. The largest absolute Gasteiger partial charge is 0.356 e. The summed E-state index contributed by atoms with van der Waals surface area (Å²) < 4.78 is 0. The van der Waals surface area contributed by atoms with Crippen LogP contribution in [0.15, 0.2) is 48.5 Å². The highest BCUT2D eigenvalue weighted by Gasteiger charge is 2.03. The van der Waals surface area contributed by atoms with E-state index in [1.165, 1.54) is 38.5 Å². The quantitative estimate of drug-likeness (QED) is 0.0908. The maximum Gasteiger partial charge on any atom is 0.199 e. The number of rotatable bonds is 9. The molecule has 0 bridgehead atoms. The van der Waals surface area contributed by atoms with Gasteiger partial charge in [0.15, 0.2) is 23.8 Å². The molecule has 1 aliphatic rings. The van der Waals surface area contributed by atoms with E-state index in [-0.39, 0.29) is 23.8 Å². The van der Waals surface area contributed by atoms with Crippen LogP contribution in [-0.2, 0) is 0 Å². The lowest BCUT2D eigenvalue weighted by atomic mass is 10.0. The molecule has 1 aliphatic carbocycles. The molecule has 0 atom stereocenters. The third-order valence-electron chi connectivity index (χ3n) is 5.93. The molecule has 1 fully saturated rings. The SMILES string of the molecule is C1CCCCC1.N=C(NCCCCCCNC(=N)NC(=N)Nc1ccc(Cl)cc1)NC(=N)Nc1ccc(Cl)cc1. The fourth-order valence-electron chi connectivity index (χ4n) is 3.85. The first-order valence-electron chi connectivity index (χ1n) is 13.7. The highest BCUT2D eigenvalue weighted by Crippen LogP contribution is 2.15. The van der Waals surface area contributed by atoms with Crippen molar-refractivity contribution in [3.8, 4) is 0 Å². The van der Waals surface area contributed by atoms with Crippen molar-refractivity contribution in [1.82, 2.24) is 21.3 Å². The zero-order valence-electron chi connectivity index (χ0n) is 22.9.